The van der Waals surface area contributed by atoms with Gasteiger partial charge in [0.25, 0.3) is 0 Å². The Kier molecular flexibility index (Phi) is 11.3. The monoisotopic (exact) mass is 418 g/mol. The van der Waals surface area contributed by atoms with E-state index in [1.54, 1.807) is 51.4 Å². The van der Waals surface area contributed by atoms with Crippen LogP contribution in [0.2, 0.25) is 0 Å². The highest BCUT2D eigenvalue weighted by molar-refractivity contribution is 4.87. The van der Waals surface area contributed by atoms with Gasteiger partial charge in [-0.3, -0.25) is 4.39 Å². The summed E-state index contributed by atoms with van der Waals surface area (Å²) in [6.07, 6.45) is 31.4. The fraction of sp³-hybridized carbons (Fsp3) is 0.931. The predicted molar refractivity (Wildman–Crippen MR) is 129 cm³/mol. The van der Waals surface area contributed by atoms with Crippen LogP contribution in [0.4, 0.5) is 4.39 Å². The van der Waals surface area contributed by atoms with Crippen LogP contribution in [-0.4, -0.2) is 6.67 Å². The van der Waals surface area contributed by atoms with Crippen LogP contribution in [0.15, 0.2) is 12.2 Å². The fourth-order valence-electron chi connectivity index (χ4n) is 7.24. The van der Waals surface area contributed by atoms with E-state index >= 15 is 0 Å². The minimum atomic E-state index is -0.170. The number of unbranched alkanes of at least 4 members (excludes halogenated alkanes) is 2. The number of alkyl halides is 1. The normalized spacial score (nSPS) is 35.7. The van der Waals surface area contributed by atoms with E-state index in [2.05, 4.69) is 19.1 Å². The molecule has 0 N–H and O–H groups in total. The lowest BCUT2D eigenvalue weighted by Crippen LogP contribution is -2.29. The van der Waals surface area contributed by atoms with E-state index in [1.165, 1.54) is 57.8 Å². The van der Waals surface area contributed by atoms with Crippen molar-refractivity contribution in [1.82, 2.24) is 0 Å². The van der Waals surface area contributed by atoms with Gasteiger partial charge < -0.3 is 0 Å². The van der Waals surface area contributed by atoms with Crippen molar-refractivity contribution in [3.8, 4) is 0 Å². The summed E-state index contributed by atoms with van der Waals surface area (Å²) in [5.41, 5.74) is 0. The molecule has 3 saturated carbocycles. The Morgan fingerprint density at radius 3 is 1.47 bits per heavy atom. The third-order valence-corrected chi connectivity index (χ3v) is 9.31. The highest BCUT2D eigenvalue weighted by atomic mass is 19.1. The molecule has 0 aliphatic heterocycles. The third-order valence-electron chi connectivity index (χ3n) is 9.31. The van der Waals surface area contributed by atoms with Crippen molar-refractivity contribution in [2.75, 3.05) is 6.67 Å². The maximum Gasteiger partial charge on any atom is 0.0897 e. The summed E-state index contributed by atoms with van der Waals surface area (Å²) in [6, 6.07) is 0. The zero-order valence-electron chi connectivity index (χ0n) is 20.1. The summed E-state index contributed by atoms with van der Waals surface area (Å²) >= 11 is 0. The topological polar surface area (TPSA) is 0 Å². The fourth-order valence-corrected chi connectivity index (χ4v) is 7.24. The first-order chi connectivity index (χ1) is 14.8. The van der Waals surface area contributed by atoms with Crippen LogP contribution in [0.1, 0.15) is 129 Å². The molecular formula is C29H51F. The SMILES string of the molecule is CCCCC1CCC(C2CCC([C@H]3CC[C@H](CC/C=C/CCCF)CC3)CC2)CC1. The average Bonchev–Trinajstić information content (AvgIpc) is 2.81. The van der Waals surface area contributed by atoms with E-state index in [4.69, 9.17) is 0 Å². The van der Waals surface area contributed by atoms with Gasteiger partial charge in [-0.15, -0.1) is 0 Å². The van der Waals surface area contributed by atoms with Gasteiger partial charge in [-0.05, 0) is 113 Å². The molecule has 3 rings (SSSR count). The molecule has 0 saturated heterocycles. The van der Waals surface area contributed by atoms with E-state index in [9.17, 15) is 4.39 Å². The van der Waals surface area contributed by atoms with E-state index in [1.807, 2.05) is 0 Å². The van der Waals surface area contributed by atoms with Gasteiger partial charge in [0.15, 0.2) is 0 Å². The lowest BCUT2D eigenvalue weighted by molar-refractivity contribution is 0.102. The van der Waals surface area contributed by atoms with Gasteiger partial charge in [-0.25, -0.2) is 0 Å². The Hall–Kier alpha value is -0.330. The largest absolute Gasteiger partial charge is 0.251 e. The molecule has 174 valence electrons. The lowest BCUT2D eigenvalue weighted by Gasteiger charge is -2.41. The van der Waals surface area contributed by atoms with E-state index in [-0.39, 0.29) is 6.67 Å². The molecule has 0 nitrogen and oxygen atoms in total. The van der Waals surface area contributed by atoms with Crippen molar-refractivity contribution < 1.29 is 4.39 Å². The molecular weight excluding hydrogens is 367 g/mol. The second-order valence-electron chi connectivity index (χ2n) is 11.3. The first kappa shape index (κ1) is 24.3. The Labute approximate surface area is 187 Å². The molecule has 0 aromatic heterocycles. The van der Waals surface area contributed by atoms with Crippen molar-refractivity contribution in [2.24, 2.45) is 35.5 Å². The maximum atomic E-state index is 12.1. The smallest absolute Gasteiger partial charge is 0.0897 e. The van der Waals surface area contributed by atoms with Crippen molar-refractivity contribution in [2.45, 2.75) is 129 Å². The molecule has 0 aromatic rings. The first-order valence-electron chi connectivity index (χ1n) is 14.0. The molecule has 3 aliphatic carbocycles. The molecule has 0 amide bonds. The van der Waals surface area contributed by atoms with Crippen LogP contribution in [0.5, 0.6) is 0 Å². The summed E-state index contributed by atoms with van der Waals surface area (Å²) in [7, 11) is 0. The average molecular weight is 419 g/mol. The second-order valence-corrected chi connectivity index (χ2v) is 11.3. The summed E-state index contributed by atoms with van der Waals surface area (Å²) in [5, 5.41) is 0. The number of hydrogen-bond acceptors (Lipinski definition) is 0. The van der Waals surface area contributed by atoms with Crippen molar-refractivity contribution in [3.05, 3.63) is 12.2 Å². The van der Waals surface area contributed by atoms with Crippen LogP contribution in [0, 0.1) is 35.5 Å². The summed E-state index contributed by atoms with van der Waals surface area (Å²) in [5.74, 6) is 6.30. The molecule has 0 heterocycles. The summed E-state index contributed by atoms with van der Waals surface area (Å²) < 4.78 is 12.1. The van der Waals surface area contributed by atoms with Crippen molar-refractivity contribution >= 4 is 0 Å². The Morgan fingerprint density at radius 2 is 1.00 bits per heavy atom. The lowest BCUT2D eigenvalue weighted by atomic mass is 9.64. The number of rotatable bonds is 11. The quantitative estimate of drug-likeness (QED) is 0.231. The van der Waals surface area contributed by atoms with Crippen LogP contribution in [0.3, 0.4) is 0 Å². The summed E-state index contributed by atoms with van der Waals surface area (Å²) in [4.78, 5) is 0. The minimum Gasteiger partial charge on any atom is -0.251 e. The van der Waals surface area contributed by atoms with Gasteiger partial charge in [0.05, 0.1) is 6.67 Å². The van der Waals surface area contributed by atoms with Gasteiger partial charge in [-0.2, -0.15) is 0 Å². The van der Waals surface area contributed by atoms with E-state index < -0.39 is 0 Å². The highest BCUT2D eigenvalue weighted by Gasteiger charge is 2.34. The zero-order valence-corrected chi connectivity index (χ0v) is 20.1. The Morgan fingerprint density at radius 1 is 0.567 bits per heavy atom. The molecule has 0 aromatic carbocycles. The minimum absolute atomic E-state index is 0.170. The number of hydrogen-bond donors (Lipinski definition) is 0. The first-order valence-corrected chi connectivity index (χ1v) is 14.0. The van der Waals surface area contributed by atoms with Crippen LogP contribution < -0.4 is 0 Å². The molecule has 3 aliphatic rings. The number of allylic oxidation sites excluding steroid dienone is 2. The van der Waals surface area contributed by atoms with Gasteiger partial charge >= 0.3 is 0 Å². The van der Waals surface area contributed by atoms with Gasteiger partial charge in [-0.1, -0.05) is 64.0 Å². The molecule has 0 spiro atoms. The van der Waals surface area contributed by atoms with Gasteiger partial charge in [0.1, 0.15) is 0 Å². The second kappa shape index (κ2) is 13.9. The van der Waals surface area contributed by atoms with Crippen molar-refractivity contribution in [3.63, 3.8) is 0 Å². The third kappa shape index (κ3) is 7.98. The molecule has 0 atom stereocenters. The van der Waals surface area contributed by atoms with Crippen LogP contribution in [-0.2, 0) is 0 Å². The van der Waals surface area contributed by atoms with E-state index in [0.29, 0.717) is 6.42 Å². The zero-order chi connectivity index (χ0) is 21.0. The standard InChI is InChI=1S/C29H51F/c1-2-3-9-24-11-15-26(16-12-24)28-19-21-29(22-20-28)27-17-13-25(14-18-27)10-7-5-4-6-8-23-30/h4-5,24-29H,2-3,6-23H2,1H3/b5-4+/t24?,25-,26?,27-,28?,29?. The highest BCUT2D eigenvalue weighted by Crippen LogP contribution is 2.46. The predicted octanol–water partition coefficient (Wildman–Crippen LogP) is 9.68. The van der Waals surface area contributed by atoms with E-state index in [0.717, 1.165) is 41.9 Å². The van der Waals surface area contributed by atoms with Crippen molar-refractivity contribution in [1.29, 1.82) is 0 Å². The van der Waals surface area contributed by atoms with Crippen LogP contribution >= 0.6 is 0 Å². The molecule has 0 radical (unpaired) electrons. The van der Waals surface area contributed by atoms with Gasteiger partial charge in [0, 0.05) is 0 Å². The Balaban J connectivity index is 1.27. The maximum absolute atomic E-state index is 12.1. The number of halogens is 1. The molecule has 0 bridgehead atoms. The van der Waals surface area contributed by atoms with Crippen LogP contribution in [0.25, 0.3) is 0 Å². The Bertz CT molecular complexity index is 445. The molecule has 3 fully saturated rings. The molecule has 0 unspecified atom stereocenters. The molecule has 30 heavy (non-hydrogen) atoms. The summed E-state index contributed by atoms with van der Waals surface area (Å²) in [6.45, 7) is 2.17. The van der Waals surface area contributed by atoms with Gasteiger partial charge in [0.2, 0.25) is 0 Å². The molecule has 1 heteroatoms.